The van der Waals surface area contributed by atoms with Crippen LogP contribution in [0.2, 0.25) is 0 Å². The number of ether oxygens (including phenoxy) is 1. The van der Waals surface area contributed by atoms with Crippen LogP contribution in [-0.2, 0) is 19.1 Å². The molecule has 7 nitrogen and oxygen atoms in total. The lowest BCUT2D eigenvalue weighted by atomic mass is 9.77. The van der Waals surface area contributed by atoms with Gasteiger partial charge >= 0.3 is 5.97 Å². The van der Waals surface area contributed by atoms with Crippen molar-refractivity contribution in [3.05, 3.63) is 29.8 Å². The summed E-state index contributed by atoms with van der Waals surface area (Å²) in [6, 6.07) is 7.40. The minimum atomic E-state index is -1.18. The van der Waals surface area contributed by atoms with Crippen molar-refractivity contribution in [2.45, 2.75) is 31.3 Å². The van der Waals surface area contributed by atoms with E-state index in [2.05, 4.69) is 5.32 Å². The van der Waals surface area contributed by atoms with Gasteiger partial charge in [-0.15, -0.1) is 0 Å². The van der Waals surface area contributed by atoms with E-state index in [4.69, 9.17) is 4.74 Å². The summed E-state index contributed by atoms with van der Waals surface area (Å²) in [4.78, 5) is 41.7. The van der Waals surface area contributed by atoms with Crippen LogP contribution in [0, 0.1) is 11.8 Å². The lowest BCUT2D eigenvalue weighted by Gasteiger charge is -2.31. The number of nitrogens with zero attached hydrogens (tertiary/aromatic N) is 2. The summed E-state index contributed by atoms with van der Waals surface area (Å²) < 4.78 is 5.06. The maximum Gasteiger partial charge on any atom is 0.326 e. The van der Waals surface area contributed by atoms with E-state index in [9.17, 15) is 14.4 Å². The van der Waals surface area contributed by atoms with Gasteiger partial charge in [0.1, 0.15) is 5.54 Å². The van der Waals surface area contributed by atoms with E-state index in [1.807, 2.05) is 50.2 Å². The first-order chi connectivity index (χ1) is 12.8. The molecule has 0 bridgehead atoms. The molecule has 2 saturated heterocycles. The van der Waals surface area contributed by atoms with Crippen molar-refractivity contribution in [1.29, 1.82) is 0 Å². The maximum absolute atomic E-state index is 12.9. The molecule has 3 rings (SSSR count). The van der Waals surface area contributed by atoms with Gasteiger partial charge in [-0.1, -0.05) is 25.5 Å². The molecule has 2 amide bonds. The molecule has 0 aromatic heterocycles. The molecule has 0 saturated carbocycles. The fourth-order valence-corrected chi connectivity index (χ4v) is 4.51. The zero-order valence-corrected chi connectivity index (χ0v) is 16.5. The van der Waals surface area contributed by atoms with Gasteiger partial charge in [-0.2, -0.15) is 0 Å². The van der Waals surface area contributed by atoms with Crippen LogP contribution in [0.5, 0.6) is 0 Å². The van der Waals surface area contributed by atoms with Gasteiger partial charge in [-0.3, -0.25) is 24.6 Å². The van der Waals surface area contributed by atoms with Gasteiger partial charge in [0, 0.05) is 32.9 Å². The highest BCUT2D eigenvalue weighted by Crippen LogP contribution is 2.50. The molecule has 1 N–H and O–H groups in total. The molecule has 27 heavy (non-hydrogen) atoms. The van der Waals surface area contributed by atoms with Crippen molar-refractivity contribution in [3.63, 3.8) is 0 Å². The molecule has 7 heteroatoms. The van der Waals surface area contributed by atoms with E-state index < -0.39 is 29.4 Å². The van der Waals surface area contributed by atoms with Crippen LogP contribution < -0.4 is 10.2 Å². The van der Waals surface area contributed by atoms with E-state index in [1.54, 1.807) is 0 Å². The van der Waals surface area contributed by atoms with Crippen molar-refractivity contribution in [2.24, 2.45) is 11.8 Å². The van der Waals surface area contributed by atoms with Crippen molar-refractivity contribution >= 4 is 23.5 Å². The number of carbonyl (C=O) groups is 3. The number of hydrogen-bond donors (Lipinski definition) is 1. The number of hydrogen-bond acceptors (Lipinski definition) is 6. The third-order valence-electron chi connectivity index (χ3n) is 5.84. The molecule has 0 aliphatic carbocycles. The molecule has 146 valence electrons. The Hall–Kier alpha value is -2.41. The monoisotopic (exact) mass is 373 g/mol. The fourth-order valence-electron chi connectivity index (χ4n) is 4.51. The maximum atomic E-state index is 12.9. The predicted molar refractivity (Wildman–Crippen MR) is 101 cm³/mol. The number of amides is 2. The molecule has 0 spiro atoms. The average molecular weight is 373 g/mol. The fraction of sp³-hybridized carbons (Fsp3) is 0.550. The summed E-state index contributed by atoms with van der Waals surface area (Å²) in [6.45, 7) is 1.95. The second-order valence-corrected chi connectivity index (χ2v) is 7.56. The molecular weight excluding hydrogens is 346 g/mol. The Morgan fingerprint density at radius 2 is 1.85 bits per heavy atom. The highest BCUT2D eigenvalue weighted by Gasteiger charge is 2.67. The summed E-state index contributed by atoms with van der Waals surface area (Å²) >= 11 is 0. The first-order valence-corrected chi connectivity index (χ1v) is 9.23. The number of likely N-dealkylation sites (tertiary alicyclic amines) is 1. The Bertz CT molecular complexity index is 761. The van der Waals surface area contributed by atoms with E-state index in [1.165, 1.54) is 14.2 Å². The molecule has 0 radical (unpaired) electrons. The third kappa shape index (κ3) is 2.81. The van der Waals surface area contributed by atoms with Crippen LogP contribution in [0.1, 0.15) is 31.4 Å². The second kappa shape index (κ2) is 6.96. The minimum absolute atomic E-state index is 0.249. The van der Waals surface area contributed by atoms with Gasteiger partial charge in [-0.25, -0.2) is 0 Å². The molecule has 0 unspecified atom stereocenters. The van der Waals surface area contributed by atoms with E-state index in [0.717, 1.165) is 16.2 Å². The summed E-state index contributed by atoms with van der Waals surface area (Å²) in [5, 5.41) is 3.35. The van der Waals surface area contributed by atoms with Crippen LogP contribution in [0.4, 0.5) is 5.69 Å². The highest BCUT2D eigenvalue weighted by atomic mass is 16.5. The zero-order chi connectivity index (χ0) is 19.9. The van der Waals surface area contributed by atoms with Crippen molar-refractivity contribution < 1.29 is 19.1 Å². The average Bonchev–Trinajstić information content (AvgIpc) is 3.12. The van der Waals surface area contributed by atoms with Gasteiger partial charge in [0.2, 0.25) is 11.8 Å². The number of rotatable bonds is 5. The summed E-state index contributed by atoms with van der Waals surface area (Å²) in [7, 11) is 6.72. The molecule has 1 aromatic rings. The number of benzene rings is 1. The number of carbonyl (C=O) groups excluding carboxylic acids is 3. The van der Waals surface area contributed by atoms with Gasteiger partial charge in [0.05, 0.1) is 18.9 Å². The molecule has 2 aliphatic heterocycles. The third-order valence-corrected chi connectivity index (χ3v) is 5.84. The Balaban J connectivity index is 2.09. The highest BCUT2D eigenvalue weighted by molar-refractivity contribution is 6.09. The number of fused-ring (bicyclic) bond motifs is 1. The number of esters is 1. The van der Waals surface area contributed by atoms with E-state index in [0.29, 0.717) is 12.8 Å². The summed E-state index contributed by atoms with van der Waals surface area (Å²) in [5.41, 5.74) is 0.734. The largest absolute Gasteiger partial charge is 0.468 e. The lowest BCUT2D eigenvalue weighted by Crippen LogP contribution is -2.56. The van der Waals surface area contributed by atoms with Crippen molar-refractivity contribution in [1.82, 2.24) is 10.2 Å². The standard InChI is InChI=1S/C20H27N3O4/c1-6-11-20(19(26)27-5)15-14(17(24)23(4)18(15)25)16(21-20)12-7-9-13(10-8-12)22(2)3/h7-10,14-16,21H,6,11H2,1-5H3/t14-,15+,16-,20-/m0/s1. The smallest absolute Gasteiger partial charge is 0.326 e. The Morgan fingerprint density at radius 1 is 1.22 bits per heavy atom. The van der Waals surface area contributed by atoms with Crippen LogP contribution in [0.15, 0.2) is 24.3 Å². The molecule has 2 fully saturated rings. The van der Waals surface area contributed by atoms with Gasteiger partial charge in [0.15, 0.2) is 0 Å². The first kappa shape index (κ1) is 19.4. The normalized spacial score (nSPS) is 29.8. The number of nitrogens with one attached hydrogen (secondary N) is 1. The van der Waals surface area contributed by atoms with Crippen LogP contribution in [0.3, 0.4) is 0 Å². The first-order valence-electron chi connectivity index (χ1n) is 9.23. The Morgan fingerprint density at radius 3 is 2.37 bits per heavy atom. The van der Waals surface area contributed by atoms with E-state index in [-0.39, 0.29) is 11.8 Å². The number of anilines is 1. The van der Waals surface area contributed by atoms with Gasteiger partial charge in [0.25, 0.3) is 0 Å². The lowest BCUT2D eigenvalue weighted by molar-refractivity contribution is -0.154. The molecule has 1 aromatic carbocycles. The molecule has 2 heterocycles. The summed E-state index contributed by atoms with van der Waals surface area (Å²) in [6.07, 6.45) is 1.11. The van der Waals surface area contributed by atoms with Crippen molar-refractivity contribution in [3.8, 4) is 0 Å². The zero-order valence-electron chi connectivity index (χ0n) is 16.5. The Kier molecular flexibility index (Phi) is 4.99. The quantitative estimate of drug-likeness (QED) is 0.620. The van der Waals surface area contributed by atoms with Crippen LogP contribution in [0.25, 0.3) is 0 Å². The van der Waals surface area contributed by atoms with Crippen molar-refractivity contribution in [2.75, 3.05) is 33.2 Å². The molecule has 4 atom stereocenters. The predicted octanol–water partition coefficient (Wildman–Crippen LogP) is 1.34. The Labute approximate surface area is 159 Å². The minimum Gasteiger partial charge on any atom is -0.468 e. The van der Waals surface area contributed by atoms with Crippen LogP contribution in [-0.4, -0.2) is 56.5 Å². The summed E-state index contributed by atoms with van der Waals surface area (Å²) in [5.74, 6) is -2.41. The molecular formula is C20H27N3O4. The topological polar surface area (TPSA) is 79.0 Å². The van der Waals surface area contributed by atoms with Gasteiger partial charge in [-0.05, 0) is 24.1 Å². The number of imide groups is 1. The number of methoxy groups -OCH3 is 1. The SMILES string of the molecule is CCC[C@]1(C(=O)OC)N[C@@H](c2ccc(N(C)C)cc2)[C@H]2C(=O)N(C)C(=O)[C@@H]21. The second-order valence-electron chi connectivity index (χ2n) is 7.56. The molecule has 2 aliphatic rings. The van der Waals surface area contributed by atoms with E-state index >= 15 is 0 Å². The van der Waals surface area contributed by atoms with Crippen LogP contribution >= 0.6 is 0 Å². The van der Waals surface area contributed by atoms with Gasteiger partial charge < -0.3 is 9.64 Å².